The third-order valence-corrected chi connectivity index (χ3v) is 2.49. The van der Waals surface area contributed by atoms with Crippen molar-refractivity contribution in [1.82, 2.24) is 4.90 Å². The van der Waals surface area contributed by atoms with Gasteiger partial charge in [-0.1, -0.05) is 6.92 Å². The predicted molar refractivity (Wildman–Crippen MR) is 53.1 cm³/mol. The number of rotatable bonds is 4. The average molecular weight is 201 g/mol. The van der Waals surface area contributed by atoms with Crippen LogP contribution in [0.4, 0.5) is 0 Å². The molecule has 1 atom stereocenters. The average Bonchev–Trinajstić information content (AvgIpc) is 2.21. The van der Waals surface area contributed by atoms with Crippen LogP contribution in [-0.4, -0.2) is 50.3 Å². The summed E-state index contributed by atoms with van der Waals surface area (Å²) >= 11 is 0. The maximum absolute atomic E-state index is 11.1. The Hall–Kier alpha value is -0.610. The zero-order chi connectivity index (χ0) is 10.4. The van der Waals surface area contributed by atoms with Gasteiger partial charge in [-0.3, -0.25) is 9.69 Å². The Kier molecular flexibility index (Phi) is 4.90. The van der Waals surface area contributed by atoms with Gasteiger partial charge in [0.05, 0.1) is 26.7 Å². The number of morpholine rings is 1. The van der Waals surface area contributed by atoms with E-state index in [4.69, 9.17) is 4.74 Å². The summed E-state index contributed by atoms with van der Waals surface area (Å²) in [6.07, 6.45) is 1.55. The summed E-state index contributed by atoms with van der Waals surface area (Å²) in [5.41, 5.74) is 0. The van der Waals surface area contributed by atoms with Crippen molar-refractivity contribution in [3.63, 3.8) is 0 Å². The molecule has 0 aromatic rings. The van der Waals surface area contributed by atoms with Crippen LogP contribution in [0.2, 0.25) is 0 Å². The van der Waals surface area contributed by atoms with Crippen molar-refractivity contribution in [3.8, 4) is 0 Å². The third-order valence-electron chi connectivity index (χ3n) is 2.49. The summed E-state index contributed by atoms with van der Waals surface area (Å²) < 4.78 is 10.0. The fourth-order valence-electron chi connectivity index (χ4n) is 1.73. The number of methoxy groups -OCH3 is 1. The highest BCUT2D eigenvalue weighted by molar-refractivity contribution is 5.69. The molecule has 1 aliphatic heterocycles. The first kappa shape index (κ1) is 11.5. The van der Waals surface area contributed by atoms with Gasteiger partial charge in [0.25, 0.3) is 0 Å². The van der Waals surface area contributed by atoms with E-state index in [9.17, 15) is 4.79 Å². The highest BCUT2D eigenvalue weighted by Crippen LogP contribution is 2.11. The lowest BCUT2D eigenvalue weighted by Gasteiger charge is -2.34. The molecule has 1 heterocycles. The van der Waals surface area contributed by atoms with E-state index in [-0.39, 0.29) is 12.0 Å². The van der Waals surface area contributed by atoms with Crippen LogP contribution in [0.15, 0.2) is 0 Å². The van der Waals surface area contributed by atoms with Gasteiger partial charge in [-0.2, -0.15) is 0 Å². The Balaban J connectivity index is 2.41. The van der Waals surface area contributed by atoms with Crippen molar-refractivity contribution in [3.05, 3.63) is 0 Å². The Bertz CT molecular complexity index is 182. The lowest BCUT2D eigenvalue weighted by atomic mass is 10.1. The molecule has 1 saturated heterocycles. The molecular formula is C10H19NO3. The summed E-state index contributed by atoms with van der Waals surface area (Å²) in [6.45, 7) is 5.53. The van der Waals surface area contributed by atoms with Crippen LogP contribution in [-0.2, 0) is 14.3 Å². The largest absolute Gasteiger partial charge is 0.469 e. The topological polar surface area (TPSA) is 38.8 Å². The third kappa shape index (κ3) is 3.27. The van der Waals surface area contributed by atoms with Crippen molar-refractivity contribution >= 4 is 5.97 Å². The Morgan fingerprint density at radius 2 is 2.43 bits per heavy atom. The fraction of sp³-hybridized carbons (Fsp3) is 0.900. The van der Waals surface area contributed by atoms with E-state index in [1.807, 2.05) is 0 Å². The number of hydrogen-bond donors (Lipinski definition) is 0. The standard InChI is InChI=1S/C10H19NO3/c1-3-4-11-5-6-14-8-9(11)7-10(12)13-2/h9H,3-8H2,1-2H3. The molecular weight excluding hydrogens is 182 g/mol. The minimum atomic E-state index is -0.151. The van der Waals surface area contributed by atoms with Crippen LogP contribution >= 0.6 is 0 Å². The zero-order valence-corrected chi connectivity index (χ0v) is 8.99. The lowest BCUT2D eigenvalue weighted by Crippen LogP contribution is -2.46. The van der Waals surface area contributed by atoms with Crippen LogP contribution in [0.5, 0.6) is 0 Å². The molecule has 82 valence electrons. The summed E-state index contributed by atoms with van der Waals surface area (Å²) in [5, 5.41) is 0. The van der Waals surface area contributed by atoms with Crippen LogP contribution in [0, 0.1) is 0 Å². The van der Waals surface area contributed by atoms with Gasteiger partial charge in [0.2, 0.25) is 0 Å². The van der Waals surface area contributed by atoms with E-state index in [0.29, 0.717) is 13.0 Å². The second-order valence-corrected chi connectivity index (χ2v) is 3.54. The number of carbonyl (C=O) groups is 1. The van der Waals surface area contributed by atoms with Gasteiger partial charge in [-0.05, 0) is 13.0 Å². The maximum Gasteiger partial charge on any atom is 0.307 e. The quantitative estimate of drug-likeness (QED) is 0.626. The second kappa shape index (κ2) is 5.98. The molecule has 0 bridgehead atoms. The van der Waals surface area contributed by atoms with Crippen molar-refractivity contribution in [2.45, 2.75) is 25.8 Å². The monoisotopic (exact) mass is 201 g/mol. The van der Waals surface area contributed by atoms with E-state index >= 15 is 0 Å². The maximum atomic E-state index is 11.1. The van der Waals surface area contributed by atoms with Crippen LogP contribution in [0.3, 0.4) is 0 Å². The van der Waals surface area contributed by atoms with E-state index in [2.05, 4.69) is 16.6 Å². The van der Waals surface area contributed by atoms with Gasteiger partial charge >= 0.3 is 5.97 Å². The van der Waals surface area contributed by atoms with Crippen molar-refractivity contribution < 1.29 is 14.3 Å². The first-order valence-electron chi connectivity index (χ1n) is 5.16. The number of carbonyl (C=O) groups excluding carboxylic acids is 1. The summed E-state index contributed by atoms with van der Waals surface area (Å²) in [7, 11) is 1.43. The van der Waals surface area contributed by atoms with Gasteiger partial charge in [0, 0.05) is 12.6 Å². The molecule has 0 saturated carbocycles. The lowest BCUT2D eigenvalue weighted by molar-refractivity contribution is -0.143. The number of hydrogen-bond acceptors (Lipinski definition) is 4. The highest BCUT2D eigenvalue weighted by atomic mass is 16.5. The SMILES string of the molecule is CCCN1CCOCC1CC(=O)OC. The van der Waals surface area contributed by atoms with E-state index in [1.165, 1.54) is 7.11 Å². The first-order valence-corrected chi connectivity index (χ1v) is 5.16. The summed E-state index contributed by atoms with van der Waals surface area (Å²) in [4.78, 5) is 13.4. The molecule has 1 aliphatic rings. The van der Waals surface area contributed by atoms with Crippen molar-refractivity contribution in [2.75, 3.05) is 33.4 Å². The Morgan fingerprint density at radius 3 is 3.07 bits per heavy atom. The van der Waals surface area contributed by atoms with Crippen LogP contribution in [0.25, 0.3) is 0 Å². The predicted octanol–water partition coefficient (Wildman–Crippen LogP) is 0.660. The second-order valence-electron chi connectivity index (χ2n) is 3.54. The molecule has 0 amide bonds. The summed E-state index contributed by atoms with van der Waals surface area (Å²) in [6, 6.07) is 0.205. The summed E-state index contributed by atoms with van der Waals surface area (Å²) in [5.74, 6) is -0.151. The van der Waals surface area contributed by atoms with Gasteiger partial charge in [0.15, 0.2) is 0 Å². The molecule has 1 unspecified atom stereocenters. The number of nitrogens with zero attached hydrogens (tertiary/aromatic N) is 1. The van der Waals surface area contributed by atoms with Gasteiger partial charge in [0.1, 0.15) is 0 Å². The van der Waals surface area contributed by atoms with Crippen molar-refractivity contribution in [1.29, 1.82) is 0 Å². The smallest absolute Gasteiger partial charge is 0.307 e. The molecule has 14 heavy (non-hydrogen) atoms. The molecule has 1 rings (SSSR count). The van der Waals surface area contributed by atoms with Gasteiger partial charge in [-0.15, -0.1) is 0 Å². The normalized spacial score (nSPS) is 23.4. The molecule has 4 heteroatoms. The highest BCUT2D eigenvalue weighted by Gasteiger charge is 2.24. The molecule has 4 nitrogen and oxygen atoms in total. The molecule has 0 aromatic heterocycles. The Morgan fingerprint density at radius 1 is 1.64 bits per heavy atom. The molecule has 1 fully saturated rings. The minimum Gasteiger partial charge on any atom is -0.469 e. The molecule has 0 aliphatic carbocycles. The van der Waals surface area contributed by atoms with E-state index < -0.39 is 0 Å². The molecule has 0 radical (unpaired) electrons. The van der Waals surface area contributed by atoms with Crippen LogP contribution in [0.1, 0.15) is 19.8 Å². The minimum absolute atomic E-state index is 0.151. The van der Waals surface area contributed by atoms with E-state index in [1.54, 1.807) is 0 Å². The fourth-order valence-corrected chi connectivity index (χ4v) is 1.73. The van der Waals surface area contributed by atoms with Gasteiger partial charge < -0.3 is 9.47 Å². The molecule has 0 N–H and O–H groups in total. The first-order chi connectivity index (χ1) is 6.77. The molecule has 0 spiro atoms. The Labute approximate surface area is 85.2 Å². The zero-order valence-electron chi connectivity index (χ0n) is 8.99. The van der Waals surface area contributed by atoms with E-state index in [0.717, 1.165) is 26.1 Å². The van der Waals surface area contributed by atoms with Crippen LogP contribution < -0.4 is 0 Å². The number of esters is 1. The van der Waals surface area contributed by atoms with Crippen molar-refractivity contribution in [2.24, 2.45) is 0 Å². The molecule has 0 aromatic carbocycles. The van der Waals surface area contributed by atoms with Gasteiger partial charge in [-0.25, -0.2) is 0 Å². The number of ether oxygens (including phenoxy) is 2.